The number of H-pyrrole nitrogens is 1. The molecule has 0 unspecified atom stereocenters. The lowest BCUT2D eigenvalue weighted by atomic mass is 10.0. The molecule has 1 saturated heterocycles. The molecule has 8 heteroatoms. The average molecular weight is 449 g/mol. The molecule has 2 heterocycles. The highest BCUT2D eigenvalue weighted by Gasteiger charge is 2.55. The molecule has 2 fully saturated rings. The van der Waals surface area contributed by atoms with Crippen molar-refractivity contribution in [3.63, 3.8) is 0 Å². The predicted octanol–water partition coefficient (Wildman–Crippen LogP) is 3.76. The molecule has 28 heavy (non-hydrogen) atoms. The lowest BCUT2D eigenvalue weighted by Crippen LogP contribution is -2.51. The third kappa shape index (κ3) is 3.50. The number of rotatable bonds is 4. The van der Waals surface area contributed by atoms with Crippen LogP contribution in [0.1, 0.15) is 45.0 Å². The minimum atomic E-state index is -0.623. The van der Waals surface area contributed by atoms with Gasteiger partial charge < -0.3 is 19.9 Å². The number of likely N-dealkylation sites (tertiary alicyclic amines) is 1. The van der Waals surface area contributed by atoms with Crippen LogP contribution in [0.4, 0.5) is 4.79 Å². The second kappa shape index (κ2) is 7.06. The fourth-order valence-electron chi connectivity index (χ4n) is 4.11. The Labute approximate surface area is 172 Å². The molecule has 2 aromatic rings. The Bertz CT molecular complexity index is 921. The quantitative estimate of drug-likeness (QED) is 0.744. The zero-order valence-corrected chi connectivity index (χ0v) is 17.9. The lowest BCUT2D eigenvalue weighted by molar-refractivity contribution is -0.135. The second-order valence-electron chi connectivity index (χ2n) is 8.33. The number of hydrogen-bond donors (Lipinski definition) is 2. The molecule has 2 N–H and O–H groups in total. The first-order valence-corrected chi connectivity index (χ1v) is 10.4. The van der Waals surface area contributed by atoms with Crippen LogP contribution >= 0.6 is 15.9 Å². The van der Waals surface area contributed by atoms with Crippen LogP contribution < -0.4 is 5.32 Å². The maximum absolute atomic E-state index is 13.4. The van der Waals surface area contributed by atoms with Crippen LogP contribution in [0.3, 0.4) is 0 Å². The van der Waals surface area contributed by atoms with Crippen LogP contribution in [-0.4, -0.2) is 46.6 Å². The molecule has 2 aliphatic rings. The van der Waals surface area contributed by atoms with Crippen molar-refractivity contribution in [2.24, 2.45) is 11.3 Å². The number of carbonyl (C=O) groups is 2. The Hall–Kier alpha value is -2.09. The minimum Gasteiger partial charge on any atom is -0.453 e. The molecule has 1 aromatic heterocycles. The Balaban J connectivity index is 1.65. The van der Waals surface area contributed by atoms with Gasteiger partial charge in [0, 0.05) is 11.0 Å². The summed E-state index contributed by atoms with van der Waals surface area (Å²) >= 11 is 3.48. The predicted molar refractivity (Wildman–Crippen MR) is 109 cm³/mol. The van der Waals surface area contributed by atoms with Gasteiger partial charge in [-0.15, -0.1) is 0 Å². The molecule has 2 atom stereocenters. The summed E-state index contributed by atoms with van der Waals surface area (Å²) in [7, 11) is 1.31. The number of nitrogens with one attached hydrogen (secondary N) is 2. The Morgan fingerprint density at radius 3 is 2.79 bits per heavy atom. The van der Waals surface area contributed by atoms with Gasteiger partial charge in [-0.1, -0.05) is 29.8 Å². The van der Waals surface area contributed by atoms with Gasteiger partial charge in [0.1, 0.15) is 11.9 Å². The number of carbonyl (C=O) groups excluding carboxylic acids is 2. The molecule has 0 bridgehead atoms. The van der Waals surface area contributed by atoms with Crippen LogP contribution in [0.5, 0.6) is 0 Å². The van der Waals surface area contributed by atoms with Crippen LogP contribution in [0.25, 0.3) is 11.0 Å². The first-order valence-electron chi connectivity index (χ1n) is 9.62. The molecule has 1 spiro atoms. The zero-order chi connectivity index (χ0) is 20.1. The summed E-state index contributed by atoms with van der Waals surface area (Å²) in [4.78, 5) is 35.2. The van der Waals surface area contributed by atoms with Crippen LogP contribution in [-0.2, 0) is 9.53 Å². The van der Waals surface area contributed by atoms with Crippen LogP contribution in [0, 0.1) is 11.3 Å². The van der Waals surface area contributed by atoms with Crippen molar-refractivity contribution in [2.45, 2.75) is 45.2 Å². The van der Waals surface area contributed by atoms with Gasteiger partial charge in [0.05, 0.1) is 24.2 Å². The summed E-state index contributed by atoms with van der Waals surface area (Å²) in [6.07, 6.45) is 2.59. The number of imidazole rings is 1. The van der Waals surface area contributed by atoms with Gasteiger partial charge in [0.2, 0.25) is 5.91 Å². The number of ether oxygens (including phenoxy) is 1. The van der Waals surface area contributed by atoms with E-state index in [2.05, 4.69) is 26.2 Å². The van der Waals surface area contributed by atoms with E-state index < -0.39 is 12.1 Å². The van der Waals surface area contributed by atoms with E-state index in [9.17, 15) is 9.59 Å². The van der Waals surface area contributed by atoms with Gasteiger partial charge in [0.15, 0.2) is 0 Å². The van der Waals surface area contributed by atoms with Crippen LogP contribution in [0.15, 0.2) is 22.7 Å². The Kier molecular flexibility index (Phi) is 4.85. The van der Waals surface area contributed by atoms with Crippen molar-refractivity contribution in [3.8, 4) is 0 Å². The van der Waals surface area contributed by atoms with Gasteiger partial charge in [-0.2, -0.15) is 0 Å². The van der Waals surface area contributed by atoms with Crippen molar-refractivity contribution < 1.29 is 14.3 Å². The average Bonchev–Trinajstić information content (AvgIpc) is 3.11. The third-order valence-corrected chi connectivity index (χ3v) is 6.41. The smallest absolute Gasteiger partial charge is 0.407 e. The number of fused-ring (bicyclic) bond motifs is 1. The number of aromatic amines is 1. The summed E-state index contributed by atoms with van der Waals surface area (Å²) in [6.45, 7) is 4.56. The number of benzene rings is 1. The molecule has 7 nitrogen and oxygen atoms in total. The van der Waals surface area contributed by atoms with Gasteiger partial charge >= 0.3 is 6.09 Å². The molecule has 1 aromatic carbocycles. The molecule has 1 saturated carbocycles. The van der Waals surface area contributed by atoms with E-state index in [1.54, 1.807) is 0 Å². The topological polar surface area (TPSA) is 87.3 Å². The first kappa shape index (κ1) is 19.2. The molecule has 1 aliphatic carbocycles. The number of halogens is 1. The summed E-state index contributed by atoms with van der Waals surface area (Å²) < 4.78 is 5.69. The SMILES string of the molecule is COC(=O)N[C@H](C(=O)N1CC2(CC2)C[C@H]1c1nc2cc(Br)ccc2[nH]1)C(C)C. The summed E-state index contributed by atoms with van der Waals surface area (Å²) in [6, 6.07) is 5.20. The molecular formula is C20H25BrN4O3. The number of hydrogen-bond acceptors (Lipinski definition) is 4. The van der Waals surface area contributed by atoms with Gasteiger partial charge in [0.25, 0.3) is 0 Å². The third-order valence-electron chi connectivity index (χ3n) is 5.92. The van der Waals surface area contributed by atoms with Gasteiger partial charge in [-0.05, 0) is 48.8 Å². The monoisotopic (exact) mass is 448 g/mol. The molecule has 4 rings (SSSR count). The van der Waals surface area contributed by atoms with E-state index in [1.807, 2.05) is 36.9 Å². The summed E-state index contributed by atoms with van der Waals surface area (Å²) in [5.41, 5.74) is 2.03. The second-order valence-corrected chi connectivity index (χ2v) is 9.24. The van der Waals surface area contributed by atoms with Gasteiger partial charge in [-0.3, -0.25) is 4.79 Å². The highest BCUT2D eigenvalue weighted by molar-refractivity contribution is 9.10. The molecule has 150 valence electrons. The summed E-state index contributed by atoms with van der Waals surface area (Å²) in [5, 5.41) is 2.71. The number of amides is 2. The summed E-state index contributed by atoms with van der Waals surface area (Å²) in [5.74, 6) is 0.691. The van der Waals surface area contributed by atoms with Crippen molar-refractivity contribution in [3.05, 3.63) is 28.5 Å². The first-order chi connectivity index (χ1) is 13.3. The van der Waals surface area contributed by atoms with Crippen molar-refractivity contribution in [1.82, 2.24) is 20.2 Å². The fourth-order valence-corrected chi connectivity index (χ4v) is 4.45. The van der Waals surface area contributed by atoms with E-state index in [-0.39, 0.29) is 23.3 Å². The van der Waals surface area contributed by atoms with E-state index >= 15 is 0 Å². The zero-order valence-electron chi connectivity index (χ0n) is 16.3. The van der Waals surface area contributed by atoms with E-state index in [0.717, 1.165) is 40.6 Å². The van der Waals surface area contributed by atoms with E-state index in [4.69, 9.17) is 9.72 Å². The van der Waals surface area contributed by atoms with Crippen molar-refractivity contribution in [2.75, 3.05) is 13.7 Å². The van der Waals surface area contributed by atoms with Crippen molar-refractivity contribution in [1.29, 1.82) is 0 Å². The molecule has 1 aliphatic heterocycles. The number of methoxy groups -OCH3 is 1. The highest BCUT2D eigenvalue weighted by atomic mass is 79.9. The fraction of sp³-hybridized carbons (Fsp3) is 0.550. The lowest BCUT2D eigenvalue weighted by Gasteiger charge is -2.30. The van der Waals surface area contributed by atoms with Crippen molar-refractivity contribution >= 4 is 39.0 Å². The Morgan fingerprint density at radius 2 is 2.14 bits per heavy atom. The Morgan fingerprint density at radius 1 is 1.39 bits per heavy atom. The minimum absolute atomic E-state index is 0.0466. The molecule has 2 amide bonds. The molecule has 0 radical (unpaired) electrons. The van der Waals surface area contributed by atoms with E-state index in [1.165, 1.54) is 7.11 Å². The number of nitrogens with zero attached hydrogens (tertiary/aromatic N) is 2. The normalized spacial score (nSPS) is 21.3. The highest BCUT2D eigenvalue weighted by Crippen LogP contribution is 2.58. The molecular weight excluding hydrogens is 424 g/mol. The largest absolute Gasteiger partial charge is 0.453 e. The standard InChI is InChI=1S/C20H25BrN4O3/c1-11(2)16(24-19(27)28-3)18(26)25-10-20(6-7-20)9-15(25)17-22-13-5-4-12(21)8-14(13)23-17/h4-5,8,11,15-16H,6-7,9-10H2,1-3H3,(H,22,23)(H,24,27)/t15-,16-/m0/s1. The van der Waals surface area contributed by atoms with E-state index in [0.29, 0.717) is 6.54 Å². The maximum Gasteiger partial charge on any atom is 0.407 e. The maximum atomic E-state index is 13.4. The number of alkyl carbamates (subject to hydrolysis) is 1. The number of aromatic nitrogens is 2. The van der Waals surface area contributed by atoms with Gasteiger partial charge in [-0.25, -0.2) is 9.78 Å². The van der Waals surface area contributed by atoms with Crippen LogP contribution in [0.2, 0.25) is 0 Å².